The van der Waals surface area contributed by atoms with Crippen molar-refractivity contribution in [3.63, 3.8) is 0 Å². The van der Waals surface area contributed by atoms with Gasteiger partial charge < -0.3 is 10.1 Å². The quantitative estimate of drug-likeness (QED) is 0.787. The van der Waals surface area contributed by atoms with Gasteiger partial charge in [-0.1, -0.05) is 0 Å². The first-order valence-corrected chi connectivity index (χ1v) is 7.24. The van der Waals surface area contributed by atoms with Crippen molar-refractivity contribution < 1.29 is 9.53 Å². The van der Waals surface area contributed by atoms with Crippen LogP contribution in [0.15, 0.2) is 24.0 Å². The predicted octanol–water partition coefficient (Wildman–Crippen LogP) is 2.04. The van der Waals surface area contributed by atoms with Gasteiger partial charge in [-0.05, 0) is 13.0 Å². The second kappa shape index (κ2) is 7.54. The van der Waals surface area contributed by atoms with Crippen LogP contribution >= 0.6 is 11.3 Å². The highest BCUT2D eigenvalue weighted by atomic mass is 32.1. The van der Waals surface area contributed by atoms with Crippen LogP contribution in [0, 0.1) is 0 Å². The number of anilines is 1. The molecule has 1 N–H and O–H groups in total. The third kappa shape index (κ3) is 4.58. The summed E-state index contributed by atoms with van der Waals surface area (Å²) in [6, 6.07) is 1.85. The Morgan fingerprint density at radius 2 is 2.35 bits per heavy atom. The lowest BCUT2D eigenvalue weighted by molar-refractivity contribution is -0.143. The molecule has 0 atom stereocenters. The van der Waals surface area contributed by atoms with Crippen molar-refractivity contribution in [1.29, 1.82) is 0 Å². The first-order valence-electron chi connectivity index (χ1n) is 6.36. The first-order chi connectivity index (χ1) is 9.78. The van der Waals surface area contributed by atoms with E-state index in [0.717, 1.165) is 16.5 Å². The van der Waals surface area contributed by atoms with E-state index in [1.54, 1.807) is 13.1 Å². The predicted molar refractivity (Wildman–Crippen MR) is 76.4 cm³/mol. The number of thiazole rings is 1. The molecule has 6 nitrogen and oxygen atoms in total. The smallest absolute Gasteiger partial charge is 0.306 e. The van der Waals surface area contributed by atoms with Crippen LogP contribution in [-0.2, 0) is 22.5 Å². The zero-order valence-corrected chi connectivity index (χ0v) is 12.0. The number of nitrogens with zero attached hydrogens (tertiary/aromatic N) is 3. The number of hydrogen-bond donors (Lipinski definition) is 1. The largest absolute Gasteiger partial charge is 0.466 e. The average Bonchev–Trinajstić information content (AvgIpc) is 2.92. The van der Waals surface area contributed by atoms with Gasteiger partial charge in [-0.15, -0.1) is 11.3 Å². The zero-order chi connectivity index (χ0) is 14.2. The third-order valence-electron chi connectivity index (χ3n) is 2.51. The van der Waals surface area contributed by atoms with Gasteiger partial charge in [0.25, 0.3) is 0 Å². The topological polar surface area (TPSA) is 77.0 Å². The van der Waals surface area contributed by atoms with E-state index in [-0.39, 0.29) is 5.97 Å². The van der Waals surface area contributed by atoms with Gasteiger partial charge in [0.05, 0.1) is 31.0 Å². The molecule has 2 heterocycles. The van der Waals surface area contributed by atoms with Crippen molar-refractivity contribution in [3.05, 3.63) is 35.4 Å². The van der Waals surface area contributed by atoms with E-state index in [4.69, 9.17) is 4.74 Å². The lowest BCUT2D eigenvalue weighted by Gasteiger charge is -2.01. The Labute approximate surface area is 121 Å². The molecule has 2 aromatic rings. The molecule has 7 heteroatoms. The number of carbonyl (C=O) groups excluding carboxylic acids is 1. The lowest BCUT2D eigenvalue weighted by Crippen LogP contribution is -2.05. The Kier molecular flexibility index (Phi) is 5.43. The van der Waals surface area contributed by atoms with Crippen LogP contribution in [0.4, 0.5) is 5.13 Å². The van der Waals surface area contributed by atoms with Crippen LogP contribution in [0.3, 0.4) is 0 Å². The van der Waals surface area contributed by atoms with Gasteiger partial charge in [0.15, 0.2) is 5.13 Å². The Bertz CT molecular complexity index is 544. The highest BCUT2D eigenvalue weighted by Gasteiger charge is 2.06. The number of carbonyl (C=O) groups is 1. The summed E-state index contributed by atoms with van der Waals surface area (Å²) in [5.41, 5.74) is 1.80. The van der Waals surface area contributed by atoms with E-state index in [1.165, 1.54) is 17.7 Å². The van der Waals surface area contributed by atoms with Crippen molar-refractivity contribution in [2.45, 2.75) is 26.3 Å². The van der Waals surface area contributed by atoms with Gasteiger partial charge in [-0.25, -0.2) is 15.0 Å². The third-order valence-corrected chi connectivity index (χ3v) is 3.36. The van der Waals surface area contributed by atoms with Crippen LogP contribution < -0.4 is 5.32 Å². The number of ether oxygens (including phenoxy) is 1. The molecular formula is C13H16N4O2S. The Balaban J connectivity index is 1.79. The molecule has 0 aliphatic heterocycles. The molecular weight excluding hydrogens is 276 g/mol. The number of aryl methyl sites for hydroxylation is 1. The standard InChI is InChI=1S/C13H16N4O2S/c1-2-19-12(18)4-3-11-8-20-13(17-11)15-7-10-5-6-14-9-16-10/h5-6,8-9H,2-4,7H2,1H3,(H,15,17). The summed E-state index contributed by atoms with van der Waals surface area (Å²) in [5.74, 6) is -0.184. The molecule has 0 aliphatic rings. The minimum absolute atomic E-state index is 0.184. The van der Waals surface area contributed by atoms with Crippen molar-refractivity contribution in [2.24, 2.45) is 0 Å². The molecule has 0 aromatic carbocycles. The SMILES string of the molecule is CCOC(=O)CCc1csc(NCc2ccncn2)n1. The van der Waals surface area contributed by atoms with Crippen molar-refractivity contribution in [2.75, 3.05) is 11.9 Å². The van der Waals surface area contributed by atoms with E-state index < -0.39 is 0 Å². The van der Waals surface area contributed by atoms with E-state index in [9.17, 15) is 4.79 Å². The fourth-order valence-electron chi connectivity index (χ4n) is 1.56. The molecule has 106 valence electrons. The molecule has 0 radical (unpaired) electrons. The van der Waals surface area contributed by atoms with Crippen molar-refractivity contribution >= 4 is 22.4 Å². The van der Waals surface area contributed by atoms with E-state index in [0.29, 0.717) is 26.0 Å². The highest BCUT2D eigenvalue weighted by molar-refractivity contribution is 7.13. The minimum Gasteiger partial charge on any atom is -0.466 e. The van der Waals surface area contributed by atoms with Gasteiger partial charge in [-0.2, -0.15) is 0 Å². The number of rotatable bonds is 7. The maximum absolute atomic E-state index is 11.3. The molecule has 2 aromatic heterocycles. The molecule has 0 amide bonds. The maximum Gasteiger partial charge on any atom is 0.306 e. The molecule has 0 saturated carbocycles. The molecule has 20 heavy (non-hydrogen) atoms. The highest BCUT2D eigenvalue weighted by Crippen LogP contribution is 2.17. The number of aromatic nitrogens is 3. The zero-order valence-electron chi connectivity index (χ0n) is 11.2. The van der Waals surface area contributed by atoms with E-state index in [1.807, 2.05) is 11.4 Å². The van der Waals surface area contributed by atoms with Crippen molar-refractivity contribution in [1.82, 2.24) is 15.0 Å². The van der Waals surface area contributed by atoms with Crippen LogP contribution in [0.5, 0.6) is 0 Å². The lowest BCUT2D eigenvalue weighted by atomic mass is 10.2. The van der Waals surface area contributed by atoms with Gasteiger partial charge in [0.2, 0.25) is 0 Å². The molecule has 2 rings (SSSR count). The summed E-state index contributed by atoms with van der Waals surface area (Å²) in [6.07, 6.45) is 4.19. The Hall–Kier alpha value is -2.02. The second-order valence-electron chi connectivity index (χ2n) is 4.00. The maximum atomic E-state index is 11.3. The molecule has 0 bridgehead atoms. The first kappa shape index (κ1) is 14.4. The molecule has 0 saturated heterocycles. The van der Waals surface area contributed by atoms with Crippen LogP contribution in [-0.4, -0.2) is 27.5 Å². The average molecular weight is 292 g/mol. The van der Waals surface area contributed by atoms with Gasteiger partial charge in [-0.3, -0.25) is 4.79 Å². The summed E-state index contributed by atoms with van der Waals surface area (Å²) in [7, 11) is 0. The van der Waals surface area contributed by atoms with E-state index in [2.05, 4.69) is 20.3 Å². The Morgan fingerprint density at radius 3 is 3.10 bits per heavy atom. The number of esters is 1. The fourth-order valence-corrected chi connectivity index (χ4v) is 2.30. The molecule has 0 aliphatic carbocycles. The van der Waals surface area contributed by atoms with Gasteiger partial charge in [0.1, 0.15) is 6.33 Å². The molecule has 0 spiro atoms. The second-order valence-corrected chi connectivity index (χ2v) is 4.86. The van der Waals surface area contributed by atoms with Crippen LogP contribution in [0.2, 0.25) is 0 Å². The van der Waals surface area contributed by atoms with Crippen LogP contribution in [0.1, 0.15) is 24.7 Å². The monoisotopic (exact) mass is 292 g/mol. The van der Waals surface area contributed by atoms with Crippen LogP contribution in [0.25, 0.3) is 0 Å². The number of hydrogen-bond acceptors (Lipinski definition) is 7. The minimum atomic E-state index is -0.184. The van der Waals surface area contributed by atoms with Gasteiger partial charge in [0, 0.05) is 18.0 Å². The fraction of sp³-hybridized carbons (Fsp3) is 0.385. The normalized spacial score (nSPS) is 10.2. The van der Waals surface area contributed by atoms with Gasteiger partial charge >= 0.3 is 5.97 Å². The Morgan fingerprint density at radius 1 is 1.45 bits per heavy atom. The summed E-state index contributed by atoms with van der Waals surface area (Å²) >= 11 is 1.52. The molecule has 0 fully saturated rings. The van der Waals surface area contributed by atoms with E-state index >= 15 is 0 Å². The summed E-state index contributed by atoms with van der Waals surface area (Å²) < 4.78 is 4.88. The summed E-state index contributed by atoms with van der Waals surface area (Å²) in [4.78, 5) is 23.7. The molecule has 0 unspecified atom stereocenters. The van der Waals surface area contributed by atoms with Crippen molar-refractivity contribution in [3.8, 4) is 0 Å². The summed E-state index contributed by atoms with van der Waals surface area (Å²) in [6.45, 7) is 2.82. The number of nitrogens with one attached hydrogen (secondary N) is 1. The summed E-state index contributed by atoms with van der Waals surface area (Å²) in [5, 5.41) is 5.96.